The van der Waals surface area contributed by atoms with Crippen molar-refractivity contribution in [2.45, 2.75) is 37.8 Å². The lowest BCUT2D eigenvalue weighted by Crippen LogP contribution is -2.28. The zero-order chi connectivity index (χ0) is 20.5. The summed E-state index contributed by atoms with van der Waals surface area (Å²) in [4.78, 5) is 9.39. The fraction of sp³-hybridized carbons (Fsp3) is 0.318. The van der Waals surface area contributed by atoms with Crippen LogP contribution in [0.4, 0.5) is 16.8 Å². The number of thiazole rings is 1. The van der Waals surface area contributed by atoms with Crippen molar-refractivity contribution in [1.29, 1.82) is 0 Å². The Morgan fingerprint density at radius 1 is 1.03 bits per heavy atom. The topological polar surface area (TPSA) is 87.9 Å². The molecular weight excluding hydrogens is 396 g/mol. The molecule has 0 radical (unpaired) electrons. The molecule has 0 unspecified atom stereocenters. The van der Waals surface area contributed by atoms with Crippen LogP contribution < -0.4 is 10.6 Å². The highest BCUT2D eigenvalue weighted by Gasteiger charge is 2.19. The van der Waals surface area contributed by atoms with Crippen molar-refractivity contribution < 1.29 is 5.11 Å². The lowest BCUT2D eigenvalue weighted by molar-refractivity contribution is 0.126. The molecule has 4 aromatic rings. The molecule has 1 fully saturated rings. The van der Waals surface area contributed by atoms with E-state index in [0.29, 0.717) is 6.04 Å². The first-order valence-electron chi connectivity index (χ1n) is 10.2. The van der Waals surface area contributed by atoms with E-state index in [9.17, 15) is 5.11 Å². The van der Waals surface area contributed by atoms with Gasteiger partial charge in [0.2, 0.25) is 0 Å². The van der Waals surface area contributed by atoms with Gasteiger partial charge in [-0.3, -0.25) is 4.68 Å². The smallest absolute Gasteiger partial charge is 0.189 e. The summed E-state index contributed by atoms with van der Waals surface area (Å²) in [5.41, 5.74) is 3.19. The third kappa shape index (κ3) is 4.15. The quantitative estimate of drug-likeness (QED) is 0.439. The summed E-state index contributed by atoms with van der Waals surface area (Å²) in [5.74, 6) is 1.61. The minimum Gasteiger partial charge on any atom is -0.393 e. The number of hydrogen-bond acceptors (Lipinski definition) is 7. The molecule has 3 aromatic heterocycles. The molecule has 7 nitrogen and oxygen atoms in total. The monoisotopic (exact) mass is 420 g/mol. The van der Waals surface area contributed by atoms with Crippen LogP contribution in [0.15, 0.2) is 48.8 Å². The van der Waals surface area contributed by atoms with Crippen LogP contribution in [-0.2, 0) is 7.05 Å². The van der Waals surface area contributed by atoms with Gasteiger partial charge in [-0.05, 0) is 55.5 Å². The highest BCUT2D eigenvalue weighted by molar-refractivity contribution is 7.22. The van der Waals surface area contributed by atoms with Gasteiger partial charge in [0.25, 0.3) is 0 Å². The van der Waals surface area contributed by atoms with E-state index in [0.717, 1.165) is 63.8 Å². The van der Waals surface area contributed by atoms with E-state index in [1.807, 2.05) is 43.7 Å². The molecule has 1 aromatic carbocycles. The summed E-state index contributed by atoms with van der Waals surface area (Å²) < 4.78 is 2.93. The fourth-order valence-corrected chi connectivity index (χ4v) is 4.76. The summed E-state index contributed by atoms with van der Waals surface area (Å²) in [6, 6.07) is 12.6. The molecule has 8 heteroatoms. The molecule has 5 rings (SSSR count). The number of nitrogens with one attached hydrogen (secondary N) is 2. The third-order valence-corrected chi connectivity index (χ3v) is 6.39. The summed E-state index contributed by atoms with van der Waals surface area (Å²) >= 11 is 1.61. The molecule has 0 atom stereocenters. The van der Waals surface area contributed by atoms with Crippen LogP contribution in [0.3, 0.4) is 0 Å². The zero-order valence-corrected chi connectivity index (χ0v) is 17.6. The van der Waals surface area contributed by atoms with Gasteiger partial charge in [-0.25, -0.2) is 9.97 Å². The maximum absolute atomic E-state index is 9.68. The average molecular weight is 421 g/mol. The molecule has 0 bridgehead atoms. The van der Waals surface area contributed by atoms with Crippen LogP contribution in [0, 0.1) is 0 Å². The van der Waals surface area contributed by atoms with Crippen molar-refractivity contribution in [1.82, 2.24) is 19.7 Å². The third-order valence-electron chi connectivity index (χ3n) is 5.46. The number of fused-ring (bicyclic) bond motifs is 1. The number of nitrogens with zero attached hydrogens (tertiary/aromatic N) is 4. The summed E-state index contributed by atoms with van der Waals surface area (Å²) in [6.45, 7) is 0. The van der Waals surface area contributed by atoms with Gasteiger partial charge in [0, 0.05) is 24.8 Å². The first kappa shape index (κ1) is 19.0. The van der Waals surface area contributed by atoms with Gasteiger partial charge in [0.15, 0.2) is 5.13 Å². The second-order valence-electron chi connectivity index (χ2n) is 7.79. The van der Waals surface area contributed by atoms with E-state index in [-0.39, 0.29) is 6.10 Å². The van der Waals surface area contributed by atoms with Crippen LogP contribution >= 0.6 is 11.3 Å². The number of aliphatic hydroxyl groups excluding tert-OH is 1. The van der Waals surface area contributed by atoms with Crippen molar-refractivity contribution in [3.05, 3.63) is 48.8 Å². The number of aromatic nitrogens is 4. The van der Waals surface area contributed by atoms with Gasteiger partial charge in [-0.15, -0.1) is 0 Å². The van der Waals surface area contributed by atoms with Crippen molar-refractivity contribution in [2.75, 3.05) is 10.6 Å². The van der Waals surface area contributed by atoms with E-state index in [4.69, 9.17) is 9.97 Å². The van der Waals surface area contributed by atoms with Gasteiger partial charge in [-0.2, -0.15) is 5.10 Å². The number of benzene rings is 1. The molecule has 0 aliphatic heterocycles. The predicted octanol–water partition coefficient (Wildman–Crippen LogP) is 4.55. The largest absolute Gasteiger partial charge is 0.393 e. The molecular formula is C22H24N6OS. The van der Waals surface area contributed by atoms with E-state index in [2.05, 4.69) is 27.9 Å². The van der Waals surface area contributed by atoms with Crippen molar-refractivity contribution >= 4 is 38.3 Å². The SMILES string of the molecule is Cn1cc(-c2ccc3nc(Nc4cccc(NC5CCC(O)CC5)n4)sc3c2)cn1. The second kappa shape index (κ2) is 8.04. The number of rotatable bonds is 5. The van der Waals surface area contributed by atoms with Crippen molar-refractivity contribution in [3.8, 4) is 11.1 Å². The molecule has 30 heavy (non-hydrogen) atoms. The normalized spacial score (nSPS) is 19.1. The average Bonchev–Trinajstić information content (AvgIpc) is 3.35. The molecule has 3 heterocycles. The van der Waals surface area contributed by atoms with E-state index in [1.165, 1.54) is 0 Å². The zero-order valence-electron chi connectivity index (χ0n) is 16.7. The molecule has 0 amide bonds. The number of anilines is 3. The van der Waals surface area contributed by atoms with Gasteiger partial charge in [-0.1, -0.05) is 23.5 Å². The number of aryl methyl sites for hydroxylation is 1. The molecule has 0 saturated heterocycles. The predicted molar refractivity (Wildman–Crippen MR) is 121 cm³/mol. The maximum Gasteiger partial charge on any atom is 0.189 e. The number of pyridine rings is 1. The Balaban J connectivity index is 1.31. The standard InChI is InChI=1S/C22H24N6OS/c1-28-13-15(12-23-28)14-5-10-18-19(11-14)30-22(25-18)27-21-4-2-3-20(26-21)24-16-6-8-17(29)9-7-16/h2-5,10-13,16-17,29H,6-9H2,1H3,(H2,24,25,26,27). The van der Waals surface area contributed by atoms with Gasteiger partial charge < -0.3 is 15.7 Å². The van der Waals surface area contributed by atoms with Crippen LogP contribution in [-0.4, -0.2) is 37.0 Å². The molecule has 1 aliphatic carbocycles. The molecule has 0 spiro atoms. The van der Waals surface area contributed by atoms with Crippen LogP contribution in [0.25, 0.3) is 21.3 Å². The van der Waals surface area contributed by atoms with E-state index < -0.39 is 0 Å². The maximum atomic E-state index is 9.68. The molecule has 154 valence electrons. The highest BCUT2D eigenvalue weighted by atomic mass is 32.1. The van der Waals surface area contributed by atoms with Gasteiger partial charge in [0.1, 0.15) is 11.6 Å². The van der Waals surface area contributed by atoms with Crippen LogP contribution in [0.1, 0.15) is 25.7 Å². The molecule has 1 aliphatic rings. The van der Waals surface area contributed by atoms with Crippen molar-refractivity contribution in [3.63, 3.8) is 0 Å². The fourth-order valence-electron chi connectivity index (χ4n) is 3.85. The lowest BCUT2D eigenvalue weighted by Gasteiger charge is -2.26. The second-order valence-corrected chi connectivity index (χ2v) is 8.82. The number of aliphatic hydroxyl groups is 1. The molecule has 1 saturated carbocycles. The Morgan fingerprint density at radius 2 is 1.87 bits per heavy atom. The molecule has 3 N–H and O–H groups in total. The van der Waals surface area contributed by atoms with Gasteiger partial charge in [0.05, 0.1) is 22.5 Å². The minimum atomic E-state index is -0.151. The Morgan fingerprint density at radius 3 is 2.67 bits per heavy atom. The lowest BCUT2D eigenvalue weighted by atomic mass is 9.93. The summed E-state index contributed by atoms with van der Waals surface area (Å²) in [5, 5.41) is 21.6. The minimum absolute atomic E-state index is 0.151. The highest BCUT2D eigenvalue weighted by Crippen LogP contribution is 2.32. The van der Waals surface area contributed by atoms with Gasteiger partial charge >= 0.3 is 0 Å². The summed E-state index contributed by atoms with van der Waals surface area (Å²) in [7, 11) is 1.92. The van der Waals surface area contributed by atoms with Crippen molar-refractivity contribution in [2.24, 2.45) is 7.05 Å². The Bertz CT molecular complexity index is 1160. The van der Waals surface area contributed by atoms with Crippen LogP contribution in [0.5, 0.6) is 0 Å². The summed E-state index contributed by atoms with van der Waals surface area (Å²) in [6.07, 6.45) is 7.37. The first-order chi connectivity index (χ1) is 14.6. The van der Waals surface area contributed by atoms with Crippen LogP contribution in [0.2, 0.25) is 0 Å². The Hall–Kier alpha value is -2.97. The van der Waals surface area contributed by atoms with E-state index >= 15 is 0 Å². The Kier molecular flexibility index (Phi) is 5.10. The Labute approximate surface area is 178 Å². The van der Waals surface area contributed by atoms with E-state index in [1.54, 1.807) is 16.0 Å². The first-order valence-corrected chi connectivity index (χ1v) is 11.0. The number of hydrogen-bond donors (Lipinski definition) is 3.